The summed E-state index contributed by atoms with van der Waals surface area (Å²) in [6.07, 6.45) is 2.73. The van der Waals surface area contributed by atoms with Gasteiger partial charge >= 0.3 is 5.75 Å². The Morgan fingerprint density at radius 1 is 1.18 bits per heavy atom. The van der Waals surface area contributed by atoms with Crippen molar-refractivity contribution in [3.63, 3.8) is 0 Å². The Morgan fingerprint density at radius 2 is 1.96 bits per heavy atom. The fraction of sp³-hybridized carbons (Fsp3) is 0.211. The smallest absolute Gasteiger partial charge is 0.313 e. The molecule has 0 saturated carbocycles. The summed E-state index contributed by atoms with van der Waals surface area (Å²) in [4.78, 5) is 0. The molecule has 144 valence electrons. The van der Waals surface area contributed by atoms with Crippen molar-refractivity contribution in [2.45, 2.75) is 13.0 Å². The summed E-state index contributed by atoms with van der Waals surface area (Å²) in [5.41, 5.74) is 3.26. The maximum absolute atomic E-state index is 11.0. The third-order valence-corrected chi connectivity index (χ3v) is 5.40. The zero-order chi connectivity index (χ0) is 19.5. The number of aromatic hydroxyl groups is 1. The molecule has 0 saturated heterocycles. The van der Waals surface area contributed by atoms with Crippen LogP contribution in [0.25, 0.3) is 22.0 Å². The molecule has 28 heavy (non-hydrogen) atoms. The normalized spacial score (nSPS) is 14.5. The molecule has 0 spiro atoms. The number of benzene rings is 2. The highest BCUT2D eigenvalue weighted by Gasteiger charge is 2.29. The third-order valence-electron chi connectivity index (χ3n) is 5.01. The summed E-state index contributed by atoms with van der Waals surface area (Å²) in [5, 5.41) is 1.56. The van der Waals surface area contributed by atoms with Gasteiger partial charge in [0.25, 0.3) is 10.4 Å². The van der Waals surface area contributed by atoms with Crippen molar-refractivity contribution in [3.8, 4) is 34.3 Å². The monoisotopic (exact) mass is 402 g/mol. The van der Waals surface area contributed by atoms with Crippen LogP contribution in [0.2, 0.25) is 0 Å². The summed E-state index contributed by atoms with van der Waals surface area (Å²) in [6.45, 7) is 0.967. The largest absolute Gasteiger partial charge is 0.716 e. The van der Waals surface area contributed by atoms with Crippen molar-refractivity contribution in [1.29, 1.82) is 0 Å². The molecule has 0 bridgehead atoms. The summed E-state index contributed by atoms with van der Waals surface area (Å²) >= 11 is 0. The Kier molecular flexibility index (Phi) is 3.65. The van der Waals surface area contributed by atoms with Crippen molar-refractivity contribution < 1.29 is 35.9 Å². The molecule has 8 nitrogen and oxygen atoms in total. The first kappa shape index (κ1) is 17.1. The number of hydrogen-bond acceptors (Lipinski definition) is 6. The number of pyridine rings is 1. The number of aliphatic hydroxyl groups is 1. The molecule has 2 aliphatic heterocycles. The molecule has 0 unspecified atom stereocenters. The molecule has 0 atom stereocenters. The van der Waals surface area contributed by atoms with Gasteiger partial charge in [0.1, 0.15) is 5.39 Å². The predicted octanol–water partition coefficient (Wildman–Crippen LogP) is 1.79. The van der Waals surface area contributed by atoms with Crippen LogP contribution in [0.4, 0.5) is 0 Å². The molecule has 9 heteroatoms. The molecule has 3 heterocycles. The maximum atomic E-state index is 11.0. The standard InChI is InChI=1S/C19H15NO7S/c1-24-19-14-9-20-5-4-12-7-17-18(26-10-25-17)8-13(12)15(20)6-11(14)2-3-16(19)27-28(21,22)23/h2-3,6-9H,4-5,10H2,1H3/p+1. The van der Waals surface area contributed by atoms with Gasteiger partial charge in [0.2, 0.25) is 18.2 Å². The van der Waals surface area contributed by atoms with Crippen molar-refractivity contribution in [3.05, 3.63) is 42.1 Å². The summed E-state index contributed by atoms with van der Waals surface area (Å²) in [5.74, 6) is 1.73. The average Bonchev–Trinajstić information content (AvgIpc) is 3.11. The van der Waals surface area contributed by atoms with E-state index in [9.17, 15) is 13.0 Å². The van der Waals surface area contributed by atoms with Gasteiger partial charge in [0, 0.05) is 17.9 Å². The van der Waals surface area contributed by atoms with Gasteiger partial charge in [-0.3, -0.25) is 0 Å². The topological polar surface area (TPSA) is 102 Å². The summed E-state index contributed by atoms with van der Waals surface area (Å²) in [6, 6.07) is 9.18. The highest BCUT2D eigenvalue weighted by atomic mass is 32.3. The van der Waals surface area contributed by atoms with Crippen LogP contribution in [0.3, 0.4) is 0 Å². The van der Waals surface area contributed by atoms with Crippen LogP contribution in [-0.2, 0) is 23.4 Å². The minimum atomic E-state index is -4.88. The fourth-order valence-electron chi connectivity index (χ4n) is 3.82. The number of nitrogens with zero attached hydrogens (tertiary/aromatic N) is 1. The first-order valence-corrected chi connectivity index (χ1v) is 9.94. The second-order valence-corrected chi connectivity index (χ2v) is 7.58. The van der Waals surface area contributed by atoms with Gasteiger partial charge in [-0.05, 0) is 29.8 Å². The number of hydrogen-bond donors (Lipinski definition) is 0. The van der Waals surface area contributed by atoms with E-state index >= 15 is 0 Å². The Morgan fingerprint density at radius 3 is 2.71 bits per heavy atom. The maximum Gasteiger partial charge on any atom is 0.313 e. The minimum absolute atomic E-state index is 0.0786. The van der Waals surface area contributed by atoms with Gasteiger partial charge in [-0.15, -0.1) is 0 Å². The highest BCUT2D eigenvalue weighted by Crippen LogP contribution is 2.41. The molecule has 2 aromatic carbocycles. The molecule has 2 aliphatic rings. The summed E-state index contributed by atoms with van der Waals surface area (Å²) < 4.78 is 54.8. The van der Waals surface area contributed by atoms with Gasteiger partial charge in [-0.1, -0.05) is 0 Å². The van der Waals surface area contributed by atoms with E-state index in [-0.39, 0.29) is 12.5 Å². The van der Waals surface area contributed by atoms with Crippen LogP contribution >= 0.6 is 0 Å². The molecule has 0 aliphatic carbocycles. The molecule has 0 amide bonds. The molecule has 0 radical (unpaired) electrons. The number of rotatable bonds is 3. The first-order valence-electron chi connectivity index (χ1n) is 8.61. The van der Waals surface area contributed by atoms with E-state index in [0.717, 1.165) is 41.1 Å². The van der Waals surface area contributed by atoms with E-state index in [0.29, 0.717) is 11.1 Å². The Bertz CT molecular complexity index is 1240. The van der Waals surface area contributed by atoms with E-state index in [2.05, 4.69) is 13.5 Å². The molecule has 5 rings (SSSR count). The van der Waals surface area contributed by atoms with Crippen LogP contribution in [0.5, 0.6) is 23.0 Å². The molecule has 3 aromatic rings. The lowest BCUT2D eigenvalue weighted by atomic mass is 9.95. The second kappa shape index (κ2) is 5.98. The molecule has 0 fully saturated rings. The molecular formula is C19H16NO7S+. The van der Waals surface area contributed by atoms with Gasteiger partial charge in [0.05, 0.1) is 5.56 Å². The van der Waals surface area contributed by atoms with E-state index < -0.39 is 10.4 Å². The van der Waals surface area contributed by atoms with Crippen LogP contribution in [0.15, 0.2) is 36.5 Å². The zero-order valence-corrected chi connectivity index (χ0v) is 15.7. The average molecular weight is 402 g/mol. The third kappa shape index (κ3) is 2.71. The zero-order valence-electron chi connectivity index (χ0n) is 14.8. The van der Waals surface area contributed by atoms with E-state index in [1.165, 1.54) is 18.7 Å². The number of aromatic nitrogens is 1. The van der Waals surface area contributed by atoms with Crippen molar-refractivity contribution in [1.82, 2.24) is 0 Å². The second-order valence-electron chi connectivity index (χ2n) is 6.60. The number of fused-ring (bicyclic) bond motifs is 5. The van der Waals surface area contributed by atoms with Gasteiger partial charge in [0.15, 0.2) is 31.4 Å². The Hall–Kier alpha value is -3.04. The van der Waals surface area contributed by atoms with Gasteiger partial charge in [-0.25, -0.2) is 8.42 Å². The van der Waals surface area contributed by atoms with E-state index in [1.807, 2.05) is 24.4 Å². The van der Waals surface area contributed by atoms with E-state index in [4.69, 9.17) is 9.47 Å². The van der Waals surface area contributed by atoms with E-state index in [1.54, 1.807) is 6.07 Å². The van der Waals surface area contributed by atoms with Crippen LogP contribution in [0, 0.1) is 0 Å². The van der Waals surface area contributed by atoms with Gasteiger partial charge in [-0.2, -0.15) is 4.57 Å². The lowest BCUT2D eigenvalue weighted by Gasteiger charge is -2.17. The van der Waals surface area contributed by atoms with Crippen LogP contribution < -0.4 is 18.2 Å². The highest BCUT2D eigenvalue weighted by molar-refractivity contribution is 7.81. The number of ether oxygens (including phenoxy) is 3. The molecular weight excluding hydrogens is 386 g/mol. The van der Waals surface area contributed by atoms with Crippen molar-refractivity contribution in [2.24, 2.45) is 0 Å². The van der Waals surface area contributed by atoms with Crippen LogP contribution in [-0.4, -0.2) is 31.6 Å². The SMILES string of the molecule is C[OH+]c1c(OS(=O)(=O)[O-])ccc2cc3[n+](cc12)CCc1cc2c(cc1-3)OCO2. The first-order chi connectivity index (χ1) is 13.4. The lowest BCUT2D eigenvalue weighted by Crippen LogP contribution is -2.40. The van der Waals surface area contributed by atoms with Crippen molar-refractivity contribution >= 4 is 21.2 Å². The number of aryl methyl sites for hydroxylation is 2. The quantitative estimate of drug-likeness (QED) is 0.287. The van der Waals surface area contributed by atoms with Crippen LogP contribution in [0.1, 0.15) is 5.56 Å². The predicted molar refractivity (Wildman–Crippen MR) is 97.3 cm³/mol. The minimum Gasteiger partial charge on any atom is -0.716 e. The Balaban J connectivity index is 1.70. The lowest BCUT2D eigenvalue weighted by molar-refractivity contribution is -0.686. The Labute approximate surface area is 160 Å². The molecule has 1 N–H and O–H groups in total. The van der Waals surface area contributed by atoms with Crippen molar-refractivity contribution in [2.75, 3.05) is 13.9 Å². The summed E-state index contributed by atoms with van der Waals surface area (Å²) in [7, 11) is -3.36. The fourth-order valence-corrected chi connectivity index (χ4v) is 4.17. The van der Waals surface area contributed by atoms with Gasteiger partial charge < -0.3 is 22.9 Å². The molecule has 1 aromatic heterocycles.